The molecule has 200 valence electrons. The molecule has 0 spiro atoms. The van der Waals surface area contributed by atoms with Crippen molar-refractivity contribution in [1.29, 1.82) is 0 Å². The second kappa shape index (κ2) is 15.7. The van der Waals surface area contributed by atoms with Gasteiger partial charge in [0.2, 0.25) is 0 Å². The lowest BCUT2D eigenvalue weighted by atomic mass is 10.2. The van der Waals surface area contributed by atoms with Crippen LogP contribution in [-0.2, 0) is 9.59 Å². The summed E-state index contributed by atoms with van der Waals surface area (Å²) < 4.78 is 0. The third kappa shape index (κ3) is 9.57. The first kappa shape index (κ1) is 29.9. The minimum atomic E-state index is -0.459. The summed E-state index contributed by atoms with van der Waals surface area (Å²) in [5.41, 5.74) is 9.20. The van der Waals surface area contributed by atoms with Gasteiger partial charge in [-0.2, -0.15) is 10.2 Å². The number of carbonyl (C=O) groups is 2. The van der Waals surface area contributed by atoms with Crippen LogP contribution >= 0.6 is 11.8 Å². The van der Waals surface area contributed by atoms with Crippen molar-refractivity contribution in [2.45, 2.75) is 52.0 Å². The average Bonchev–Trinajstić information content (AvgIpc) is 2.91. The molecule has 2 atom stereocenters. The summed E-state index contributed by atoms with van der Waals surface area (Å²) >= 11 is 1.25. The first-order valence-corrected chi connectivity index (χ1v) is 13.8. The van der Waals surface area contributed by atoms with Crippen LogP contribution in [-0.4, -0.2) is 60.9 Å². The Kier molecular flexibility index (Phi) is 12.7. The lowest BCUT2D eigenvalue weighted by molar-refractivity contribution is -0.120. The Morgan fingerprint density at radius 1 is 0.703 bits per heavy atom. The van der Waals surface area contributed by atoms with E-state index in [4.69, 9.17) is 0 Å². The van der Waals surface area contributed by atoms with Gasteiger partial charge in [-0.15, -0.1) is 11.8 Å². The van der Waals surface area contributed by atoms with Gasteiger partial charge < -0.3 is 9.80 Å². The van der Waals surface area contributed by atoms with Gasteiger partial charge in [0.05, 0.1) is 22.9 Å². The molecule has 0 aromatic heterocycles. The van der Waals surface area contributed by atoms with E-state index in [-0.39, 0.29) is 11.8 Å². The van der Waals surface area contributed by atoms with E-state index < -0.39 is 10.5 Å². The number of carbonyl (C=O) groups excluding carboxylic acids is 2. The summed E-state index contributed by atoms with van der Waals surface area (Å²) in [7, 11) is 0. The maximum absolute atomic E-state index is 12.4. The minimum Gasteiger partial charge on any atom is -0.372 e. The first-order chi connectivity index (χ1) is 17.8. The number of benzene rings is 2. The maximum Gasteiger partial charge on any atom is 0.252 e. The van der Waals surface area contributed by atoms with Gasteiger partial charge >= 0.3 is 0 Å². The number of rotatable bonds is 14. The van der Waals surface area contributed by atoms with Crippen LogP contribution in [0.1, 0.15) is 52.7 Å². The Hall–Kier alpha value is -3.33. The Morgan fingerprint density at radius 2 is 1.03 bits per heavy atom. The van der Waals surface area contributed by atoms with Crippen LogP contribution in [0.2, 0.25) is 0 Å². The third-order valence-corrected chi connectivity index (χ3v) is 7.21. The molecule has 2 aromatic rings. The molecule has 0 unspecified atom stereocenters. The molecule has 0 aliphatic heterocycles. The second-order valence-electron chi connectivity index (χ2n) is 8.42. The highest BCUT2D eigenvalue weighted by Gasteiger charge is 2.21. The normalized spacial score (nSPS) is 12.9. The van der Waals surface area contributed by atoms with Crippen LogP contribution in [0.3, 0.4) is 0 Å². The number of amides is 2. The number of hydrogen-bond acceptors (Lipinski definition) is 7. The average molecular weight is 525 g/mol. The number of anilines is 2. The van der Waals surface area contributed by atoms with Crippen molar-refractivity contribution >= 4 is 47.4 Å². The second-order valence-corrected chi connectivity index (χ2v) is 10.1. The van der Waals surface area contributed by atoms with Gasteiger partial charge in [0, 0.05) is 37.6 Å². The zero-order valence-corrected chi connectivity index (χ0v) is 23.6. The molecular weight excluding hydrogens is 484 g/mol. The van der Waals surface area contributed by atoms with E-state index in [2.05, 4.69) is 58.5 Å². The van der Waals surface area contributed by atoms with Crippen molar-refractivity contribution in [3.63, 3.8) is 0 Å². The third-order valence-electron chi connectivity index (χ3n) is 5.97. The van der Waals surface area contributed by atoms with Crippen LogP contribution in [0.4, 0.5) is 11.4 Å². The van der Waals surface area contributed by atoms with Gasteiger partial charge in [0.1, 0.15) is 0 Å². The van der Waals surface area contributed by atoms with Crippen LogP contribution in [0.25, 0.3) is 0 Å². The Balaban J connectivity index is 1.78. The van der Waals surface area contributed by atoms with Crippen molar-refractivity contribution < 1.29 is 9.59 Å². The molecule has 2 aromatic carbocycles. The van der Waals surface area contributed by atoms with Crippen LogP contribution in [0, 0.1) is 0 Å². The lowest BCUT2D eigenvalue weighted by Gasteiger charge is -2.20. The Morgan fingerprint density at radius 3 is 1.32 bits per heavy atom. The highest BCUT2D eigenvalue weighted by atomic mass is 32.2. The Bertz CT molecular complexity index is 948. The number of hydrogen-bond donors (Lipinski definition) is 2. The molecule has 37 heavy (non-hydrogen) atoms. The zero-order chi connectivity index (χ0) is 27.2. The van der Waals surface area contributed by atoms with Gasteiger partial charge in [-0.25, -0.2) is 10.9 Å². The summed E-state index contributed by atoms with van der Waals surface area (Å²) in [6, 6.07) is 16.0. The van der Waals surface area contributed by atoms with E-state index in [0.29, 0.717) is 0 Å². The smallest absolute Gasteiger partial charge is 0.252 e. The molecule has 0 aliphatic rings. The van der Waals surface area contributed by atoms with Gasteiger partial charge in [-0.3, -0.25) is 9.59 Å². The van der Waals surface area contributed by atoms with Crippen molar-refractivity contribution in [2.24, 2.45) is 10.2 Å². The summed E-state index contributed by atoms with van der Waals surface area (Å²) in [5.74, 6) is -0.532. The van der Waals surface area contributed by atoms with E-state index in [0.717, 1.165) is 48.7 Å². The van der Waals surface area contributed by atoms with Crippen LogP contribution < -0.4 is 20.7 Å². The fourth-order valence-corrected chi connectivity index (χ4v) is 4.64. The van der Waals surface area contributed by atoms with Crippen LogP contribution in [0.5, 0.6) is 0 Å². The molecule has 9 heteroatoms. The van der Waals surface area contributed by atoms with Gasteiger partial charge in [-0.05, 0) is 76.9 Å². The van der Waals surface area contributed by atoms with E-state index >= 15 is 0 Å². The van der Waals surface area contributed by atoms with Gasteiger partial charge in [-0.1, -0.05) is 24.3 Å². The van der Waals surface area contributed by atoms with E-state index in [9.17, 15) is 9.59 Å². The molecule has 0 fully saturated rings. The number of hydrazone groups is 2. The molecule has 0 radical (unpaired) electrons. The van der Waals surface area contributed by atoms with E-state index in [1.165, 1.54) is 11.8 Å². The molecular formula is C28H40N6O2S. The predicted octanol–water partition coefficient (Wildman–Crippen LogP) is 4.49. The molecule has 0 heterocycles. The van der Waals surface area contributed by atoms with E-state index in [1.54, 1.807) is 26.3 Å². The van der Waals surface area contributed by atoms with E-state index in [1.807, 2.05) is 48.5 Å². The Labute approximate surface area is 225 Å². The number of nitrogens with zero attached hydrogens (tertiary/aromatic N) is 4. The standard InChI is InChI=1S/C28H40N6O2S/c1-7-33(8-2)25-15-11-23(12-16-25)19-29-31-27(35)21(5)37-22(6)28(36)32-30-20-24-13-17-26(18-14-24)34(9-3)10-4/h11-22H,7-10H2,1-6H3,(H,31,35)(H,32,36)/b29-19-,30-20-/t21-,22+. The minimum absolute atomic E-state index is 0.266. The molecule has 0 saturated heterocycles. The molecule has 2 N–H and O–H groups in total. The quantitative estimate of drug-likeness (QED) is 0.281. The zero-order valence-electron chi connectivity index (χ0n) is 22.8. The molecule has 2 amide bonds. The molecule has 0 bridgehead atoms. The molecule has 0 saturated carbocycles. The summed E-state index contributed by atoms with van der Waals surface area (Å²) in [5, 5.41) is 7.21. The summed E-state index contributed by atoms with van der Waals surface area (Å²) in [6.45, 7) is 15.8. The summed E-state index contributed by atoms with van der Waals surface area (Å²) in [4.78, 5) is 29.3. The number of thioether (sulfide) groups is 1. The summed E-state index contributed by atoms with van der Waals surface area (Å²) in [6.07, 6.45) is 3.22. The fourth-order valence-electron chi connectivity index (χ4n) is 3.67. The fraction of sp³-hybridized carbons (Fsp3) is 0.429. The number of nitrogens with one attached hydrogen (secondary N) is 2. The predicted molar refractivity (Wildman–Crippen MR) is 158 cm³/mol. The highest BCUT2D eigenvalue weighted by Crippen LogP contribution is 2.18. The van der Waals surface area contributed by atoms with Crippen molar-refractivity contribution in [3.05, 3.63) is 59.7 Å². The van der Waals surface area contributed by atoms with Crippen molar-refractivity contribution in [3.8, 4) is 0 Å². The van der Waals surface area contributed by atoms with Crippen LogP contribution in [0.15, 0.2) is 58.7 Å². The molecule has 8 nitrogen and oxygen atoms in total. The molecule has 0 aliphatic carbocycles. The monoisotopic (exact) mass is 524 g/mol. The maximum atomic E-state index is 12.4. The largest absolute Gasteiger partial charge is 0.372 e. The van der Waals surface area contributed by atoms with Crippen molar-refractivity contribution in [2.75, 3.05) is 36.0 Å². The highest BCUT2D eigenvalue weighted by molar-refractivity contribution is 8.01. The van der Waals surface area contributed by atoms with Crippen molar-refractivity contribution in [1.82, 2.24) is 10.9 Å². The molecule has 2 rings (SSSR count). The first-order valence-electron chi connectivity index (χ1n) is 12.8. The van der Waals surface area contributed by atoms with Gasteiger partial charge in [0.15, 0.2) is 0 Å². The SMILES string of the molecule is CCN(CC)c1ccc(/C=N\NC(=O)[C@H](C)S[C@H](C)C(=O)N/N=C\c2ccc(N(CC)CC)cc2)cc1. The lowest BCUT2D eigenvalue weighted by Crippen LogP contribution is -2.33. The van der Waals surface area contributed by atoms with Gasteiger partial charge in [0.25, 0.3) is 11.8 Å². The topological polar surface area (TPSA) is 89.4 Å².